The Morgan fingerprint density at radius 1 is 1.06 bits per heavy atom. The normalized spacial score (nSPS) is 12.4. The van der Waals surface area contributed by atoms with Gasteiger partial charge in [-0.15, -0.1) is 11.8 Å². The maximum atomic E-state index is 13.6. The smallest absolute Gasteiger partial charge is 0.128 e. The summed E-state index contributed by atoms with van der Waals surface area (Å²) in [5.74, 6) is -0.256. The quantitative estimate of drug-likeness (QED) is 0.839. The summed E-state index contributed by atoms with van der Waals surface area (Å²) >= 11 is 1.67. The second kappa shape index (κ2) is 5.34. The van der Waals surface area contributed by atoms with Crippen molar-refractivity contribution in [3.8, 4) is 0 Å². The molecule has 0 aromatic heterocycles. The Balaban J connectivity index is 2.30. The van der Waals surface area contributed by atoms with Crippen LogP contribution in [0.15, 0.2) is 53.4 Å². The zero-order chi connectivity index (χ0) is 12.3. The van der Waals surface area contributed by atoms with E-state index < -0.39 is 6.04 Å². The first kappa shape index (κ1) is 12.1. The van der Waals surface area contributed by atoms with Gasteiger partial charge in [0.15, 0.2) is 0 Å². The highest BCUT2D eigenvalue weighted by Crippen LogP contribution is 2.24. The molecular weight excluding hydrogens is 233 g/mol. The molecule has 2 aromatic rings. The van der Waals surface area contributed by atoms with Crippen LogP contribution >= 0.6 is 11.8 Å². The molecular formula is C14H14FNS. The molecule has 0 aliphatic rings. The van der Waals surface area contributed by atoms with Gasteiger partial charge in [-0.2, -0.15) is 0 Å². The lowest BCUT2D eigenvalue weighted by molar-refractivity contribution is 0.599. The van der Waals surface area contributed by atoms with Crippen molar-refractivity contribution in [2.75, 3.05) is 6.26 Å². The minimum absolute atomic E-state index is 0.256. The second-order valence-electron chi connectivity index (χ2n) is 3.77. The Labute approximate surface area is 105 Å². The summed E-state index contributed by atoms with van der Waals surface area (Å²) in [5, 5.41) is 0. The third-order valence-electron chi connectivity index (χ3n) is 2.72. The Hall–Kier alpha value is -1.32. The molecule has 2 aromatic carbocycles. The molecule has 0 saturated carbocycles. The van der Waals surface area contributed by atoms with Crippen molar-refractivity contribution in [3.63, 3.8) is 0 Å². The summed E-state index contributed by atoms with van der Waals surface area (Å²) in [6.07, 6.45) is 2.02. The van der Waals surface area contributed by atoms with Crippen LogP contribution in [0.2, 0.25) is 0 Å². The van der Waals surface area contributed by atoms with Crippen molar-refractivity contribution in [2.45, 2.75) is 10.9 Å². The summed E-state index contributed by atoms with van der Waals surface area (Å²) < 4.78 is 13.6. The topological polar surface area (TPSA) is 26.0 Å². The lowest BCUT2D eigenvalue weighted by atomic mass is 9.99. The maximum absolute atomic E-state index is 13.6. The summed E-state index contributed by atoms with van der Waals surface area (Å²) in [5.41, 5.74) is 7.52. The Morgan fingerprint density at radius 2 is 1.71 bits per heavy atom. The SMILES string of the molecule is CSc1ccc(C(N)c2ccccc2F)cc1. The van der Waals surface area contributed by atoms with Crippen LogP contribution in [-0.2, 0) is 0 Å². The molecule has 17 heavy (non-hydrogen) atoms. The van der Waals surface area contributed by atoms with Gasteiger partial charge in [0.25, 0.3) is 0 Å². The zero-order valence-electron chi connectivity index (χ0n) is 9.56. The predicted molar refractivity (Wildman–Crippen MR) is 70.7 cm³/mol. The van der Waals surface area contributed by atoms with Crippen LogP contribution in [0.4, 0.5) is 4.39 Å². The van der Waals surface area contributed by atoms with E-state index in [0.29, 0.717) is 5.56 Å². The van der Waals surface area contributed by atoms with Gasteiger partial charge < -0.3 is 5.73 Å². The summed E-state index contributed by atoms with van der Waals surface area (Å²) in [6.45, 7) is 0. The molecule has 0 aliphatic carbocycles. The minimum atomic E-state index is -0.410. The molecule has 1 unspecified atom stereocenters. The van der Waals surface area contributed by atoms with Crippen LogP contribution in [0.25, 0.3) is 0 Å². The molecule has 1 nitrogen and oxygen atoms in total. The molecule has 0 spiro atoms. The standard InChI is InChI=1S/C14H14FNS/c1-17-11-8-6-10(7-9-11)14(16)12-4-2-3-5-13(12)15/h2-9,14H,16H2,1H3. The molecule has 2 N–H and O–H groups in total. The molecule has 2 rings (SSSR count). The lowest BCUT2D eigenvalue weighted by Crippen LogP contribution is -2.13. The Kier molecular flexibility index (Phi) is 3.82. The van der Waals surface area contributed by atoms with Gasteiger partial charge in [0.1, 0.15) is 5.82 Å². The predicted octanol–water partition coefficient (Wildman–Crippen LogP) is 3.60. The van der Waals surface area contributed by atoms with E-state index in [1.54, 1.807) is 30.0 Å². The molecule has 0 fully saturated rings. The highest BCUT2D eigenvalue weighted by atomic mass is 32.2. The fourth-order valence-electron chi connectivity index (χ4n) is 1.72. The van der Waals surface area contributed by atoms with Crippen molar-refractivity contribution in [2.24, 2.45) is 5.73 Å². The van der Waals surface area contributed by atoms with E-state index in [-0.39, 0.29) is 5.82 Å². The van der Waals surface area contributed by atoms with Crippen LogP contribution in [0.1, 0.15) is 17.2 Å². The number of rotatable bonds is 3. The number of nitrogens with two attached hydrogens (primary N) is 1. The highest BCUT2D eigenvalue weighted by molar-refractivity contribution is 7.98. The van der Waals surface area contributed by atoms with Gasteiger partial charge in [-0.25, -0.2) is 4.39 Å². The third-order valence-corrected chi connectivity index (χ3v) is 3.46. The van der Waals surface area contributed by atoms with Crippen molar-refractivity contribution in [1.29, 1.82) is 0 Å². The minimum Gasteiger partial charge on any atom is -0.320 e. The largest absolute Gasteiger partial charge is 0.320 e. The number of halogens is 1. The molecule has 0 bridgehead atoms. The maximum Gasteiger partial charge on any atom is 0.128 e. The summed E-state index contributed by atoms with van der Waals surface area (Å²) in [7, 11) is 0. The van der Waals surface area contributed by atoms with Crippen LogP contribution in [0.3, 0.4) is 0 Å². The number of benzene rings is 2. The fourth-order valence-corrected chi connectivity index (χ4v) is 2.13. The molecule has 0 amide bonds. The van der Waals surface area contributed by atoms with Crippen molar-refractivity contribution < 1.29 is 4.39 Å². The van der Waals surface area contributed by atoms with E-state index in [4.69, 9.17) is 5.73 Å². The molecule has 0 saturated heterocycles. The molecule has 0 aliphatic heterocycles. The highest BCUT2D eigenvalue weighted by Gasteiger charge is 2.12. The van der Waals surface area contributed by atoms with Crippen molar-refractivity contribution >= 4 is 11.8 Å². The average molecular weight is 247 g/mol. The number of hydrogen-bond donors (Lipinski definition) is 1. The van der Waals surface area contributed by atoms with Gasteiger partial charge >= 0.3 is 0 Å². The Morgan fingerprint density at radius 3 is 2.29 bits per heavy atom. The molecule has 1 atom stereocenters. The van der Waals surface area contributed by atoms with Gasteiger partial charge in [0, 0.05) is 10.5 Å². The van der Waals surface area contributed by atoms with E-state index in [0.717, 1.165) is 5.56 Å². The molecule has 88 valence electrons. The number of hydrogen-bond acceptors (Lipinski definition) is 2. The van der Waals surface area contributed by atoms with Gasteiger partial charge in [-0.3, -0.25) is 0 Å². The monoisotopic (exact) mass is 247 g/mol. The van der Waals surface area contributed by atoms with Gasteiger partial charge in [-0.1, -0.05) is 30.3 Å². The van der Waals surface area contributed by atoms with E-state index >= 15 is 0 Å². The first-order valence-corrected chi connectivity index (χ1v) is 6.59. The second-order valence-corrected chi connectivity index (χ2v) is 4.65. The average Bonchev–Trinajstić information content (AvgIpc) is 2.39. The van der Waals surface area contributed by atoms with Crippen LogP contribution in [0.5, 0.6) is 0 Å². The molecule has 0 heterocycles. The van der Waals surface area contributed by atoms with Crippen LogP contribution in [0, 0.1) is 5.82 Å². The van der Waals surface area contributed by atoms with Gasteiger partial charge in [-0.05, 0) is 30.0 Å². The van der Waals surface area contributed by atoms with E-state index in [9.17, 15) is 4.39 Å². The Bertz CT molecular complexity index is 496. The molecule has 0 radical (unpaired) electrons. The van der Waals surface area contributed by atoms with E-state index in [1.807, 2.05) is 30.5 Å². The first-order chi connectivity index (χ1) is 8.22. The first-order valence-electron chi connectivity index (χ1n) is 5.36. The van der Waals surface area contributed by atoms with Gasteiger partial charge in [0.2, 0.25) is 0 Å². The molecule has 3 heteroatoms. The van der Waals surface area contributed by atoms with Gasteiger partial charge in [0.05, 0.1) is 6.04 Å². The van der Waals surface area contributed by atoms with Crippen LogP contribution < -0.4 is 5.73 Å². The summed E-state index contributed by atoms with van der Waals surface area (Å²) in [4.78, 5) is 1.18. The fraction of sp³-hybridized carbons (Fsp3) is 0.143. The lowest BCUT2D eigenvalue weighted by Gasteiger charge is -2.13. The number of thioether (sulfide) groups is 1. The van der Waals surface area contributed by atoms with E-state index in [1.165, 1.54) is 11.0 Å². The van der Waals surface area contributed by atoms with Crippen LogP contribution in [-0.4, -0.2) is 6.26 Å². The van der Waals surface area contributed by atoms with Crippen molar-refractivity contribution in [1.82, 2.24) is 0 Å². The van der Waals surface area contributed by atoms with E-state index in [2.05, 4.69) is 0 Å². The van der Waals surface area contributed by atoms with Crippen molar-refractivity contribution in [3.05, 3.63) is 65.5 Å². The third kappa shape index (κ3) is 2.68. The zero-order valence-corrected chi connectivity index (χ0v) is 10.4. The summed E-state index contributed by atoms with van der Waals surface area (Å²) in [6, 6.07) is 14.1.